The van der Waals surface area contributed by atoms with E-state index >= 15 is 0 Å². The summed E-state index contributed by atoms with van der Waals surface area (Å²) >= 11 is 1.31. The molecule has 3 aromatic carbocycles. The van der Waals surface area contributed by atoms with Crippen molar-refractivity contribution in [1.29, 1.82) is 0 Å². The summed E-state index contributed by atoms with van der Waals surface area (Å²) in [4.78, 5) is 45.4. The Morgan fingerprint density at radius 3 is 2.52 bits per heavy atom. The number of ether oxygens (including phenoxy) is 2. The van der Waals surface area contributed by atoms with Crippen LogP contribution in [0.15, 0.2) is 60.2 Å². The van der Waals surface area contributed by atoms with Gasteiger partial charge in [0, 0.05) is 12.0 Å². The van der Waals surface area contributed by atoms with E-state index in [9.17, 15) is 19.5 Å². The maximum atomic E-state index is 13.6. The Hall–Kier alpha value is -4.50. The number of rotatable bonds is 4. The van der Waals surface area contributed by atoms with Gasteiger partial charge in [-0.2, -0.15) is 0 Å². The van der Waals surface area contributed by atoms with E-state index in [1.165, 1.54) is 23.3 Å². The predicted octanol–water partition coefficient (Wildman–Crippen LogP) is 5.65. The van der Waals surface area contributed by atoms with Crippen molar-refractivity contribution in [3.63, 3.8) is 0 Å². The van der Waals surface area contributed by atoms with Gasteiger partial charge in [0.05, 0.1) is 34.5 Å². The van der Waals surface area contributed by atoms with Crippen molar-refractivity contribution in [2.24, 2.45) is 0 Å². The molecule has 40 heavy (non-hydrogen) atoms. The van der Waals surface area contributed by atoms with Gasteiger partial charge >= 0.3 is 11.9 Å². The summed E-state index contributed by atoms with van der Waals surface area (Å²) < 4.78 is 11.5. The Morgan fingerprint density at radius 2 is 1.80 bits per heavy atom. The van der Waals surface area contributed by atoms with E-state index in [0.717, 1.165) is 32.7 Å². The number of aliphatic hydroxyl groups is 1. The normalized spacial score (nSPS) is 19.6. The lowest BCUT2D eigenvalue weighted by atomic mass is 9.94. The van der Waals surface area contributed by atoms with E-state index in [2.05, 4.69) is 0 Å². The number of hydrogen-bond donors (Lipinski definition) is 1. The number of aliphatic hydroxyl groups excluding tert-OH is 1. The van der Waals surface area contributed by atoms with Crippen LogP contribution in [-0.2, 0) is 20.7 Å². The first-order chi connectivity index (χ1) is 19.2. The van der Waals surface area contributed by atoms with Crippen molar-refractivity contribution >= 4 is 50.1 Å². The number of aromatic nitrogens is 1. The number of hydrogen-bond acceptors (Lipinski definition) is 8. The minimum atomic E-state index is -0.961. The Morgan fingerprint density at radius 1 is 1.07 bits per heavy atom. The summed E-state index contributed by atoms with van der Waals surface area (Å²) in [5.41, 5.74) is 4.92. The maximum Gasteiger partial charge on any atom is 0.337 e. The summed E-state index contributed by atoms with van der Waals surface area (Å²) in [6.07, 6.45) is 0.686. The van der Waals surface area contributed by atoms with Gasteiger partial charge in [0.25, 0.3) is 5.78 Å². The number of amides is 1. The second kappa shape index (κ2) is 9.60. The number of benzene rings is 3. The van der Waals surface area contributed by atoms with E-state index in [1.807, 2.05) is 32.9 Å². The van der Waals surface area contributed by atoms with Crippen molar-refractivity contribution in [1.82, 2.24) is 4.98 Å². The van der Waals surface area contributed by atoms with E-state index in [4.69, 9.17) is 14.5 Å². The largest absolute Gasteiger partial charge is 0.507 e. The van der Waals surface area contributed by atoms with E-state index in [0.29, 0.717) is 28.2 Å². The SMILES string of the molecule is COC(=O)c1ccc([C@H]2C(=C(O)c3ccc4c(c3)C[C@@H](C)O4)C(=O)C(=O)N2c2nc3c(C)cc(C)cc3s2)cc1. The van der Waals surface area contributed by atoms with Crippen LogP contribution in [0.5, 0.6) is 5.75 Å². The number of nitrogens with zero attached hydrogens (tertiary/aromatic N) is 2. The molecule has 9 heteroatoms. The molecule has 2 atom stereocenters. The summed E-state index contributed by atoms with van der Waals surface area (Å²) in [5, 5.41) is 11.9. The summed E-state index contributed by atoms with van der Waals surface area (Å²) in [6, 6.07) is 14.7. The van der Waals surface area contributed by atoms with Crippen LogP contribution in [0.3, 0.4) is 0 Å². The number of anilines is 1. The Kier molecular flexibility index (Phi) is 6.18. The van der Waals surface area contributed by atoms with Crippen LogP contribution in [0.25, 0.3) is 16.0 Å². The van der Waals surface area contributed by atoms with Crippen LogP contribution in [0, 0.1) is 13.8 Å². The van der Waals surface area contributed by atoms with Crippen molar-refractivity contribution in [2.75, 3.05) is 12.0 Å². The number of carbonyl (C=O) groups excluding carboxylic acids is 3. The fourth-order valence-electron chi connectivity index (χ4n) is 5.45. The molecular formula is C31H26N2O6S. The lowest BCUT2D eigenvalue weighted by molar-refractivity contribution is -0.132. The van der Waals surface area contributed by atoms with Crippen LogP contribution in [0.2, 0.25) is 0 Å². The van der Waals surface area contributed by atoms with Crippen molar-refractivity contribution in [3.05, 3.63) is 93.6 Å². The number of ketones is 1. The number of Topliss-reactive ketones (excluding diaryl/α,β-unsaturated/α-hetero) is 1. The summed E-state index contributed by atoms with van der Waals surface area (Å²) in [5.74, 6) is -1.64. The molecule has 3 heterocycles. The van der Waals surface area contributed by atoms with Gasteiger partial charge in [0.15, 0.2) is 5.13 Å². The minimum Gasteiger partial charge on any atom is -0.507 e. The van der Waals surface area contributed by atoms with Crippen molar-refractivity contribution < 1.29 is 29.0 Å². The molecule has 0 unspecified atom stereocenters. The minimum absolute atomic E-state index is 0.0115. The fourth-order valence-corrected chi connectivity index (χ4v) is 6.62. The highest BCUT2D eigenvalue weighted by atomic mass is 32.1. The third-order valence-electron chi connectivity index (χ3n) is 7.29. The maximum absolute atomic E-state index is 13.6. The standard InChI is InChI=1S/C31H26N2O6S/c1-15-11-16(2)25-23(12-15)40-31(32-25)33-26(18-5-7-19(8-6-18)30(37)38-4)24(28(35)29(33)36)27(34)20-9-10-22-21(14-20)13-17(3)39-22/h5-12,14,17,26,34H,13H2,1-4H3/t17-,26+/m1/s1. The summed E-state index contributed by atoms with van der Waals surface area (Å²) in [6.45, 7) is 5.90. The molecule has 1 saturated heterocycles. The molecule has 1 amide bonds. The highest BCUT2D eigenvalue weighted by molar-refractivity contribution is 7.22. The molecule has 2 aliphatic rings. The first kappa shape index (κ1) is 25.8. The fraction of sp³-hybridized carbons (Fsp3) is 0.226. The quantitative estimate of drug-likeness (QED) is 0.150. The zero-order valence-electron chi connectivity index (χ0n) is 22.3. The molecule has 2 aliphatic heterocycles. The predicted molar refractivity (Wildman–Crippen MR) is 152 cm³/mol. The average Bonchev–Trinajstić information content (AvgIpc) is 3.60. The second-order valence-electron chi connectivity index (χ2n) is 10.2. The van der Waals surface area contributed by atoms with Gasteiger partial charge < -0.3 is 14.6 Å². The zero-order chi connectivity index (χ0) is 28.3. The smallest absolute Gasteiger partial charge is 0.337 e. The molecule has 0 spiro atoms. The first-order valence-corrected chi connectivity index (χ1v) is 13.6. The van der Waals surface area contributed by atoms with Gasteiger partial charge in [-0.25, -0.2) is 9.78 Å². The van der Waals surface area contributed by atoms with Crippen LogP contribution in [-0.4, -0.2) is 41.0 Å². The van der Waals surface area contributed by atoms with Gasteiger partial charge in [-0.05, 0) is 79.4 Å². The Labute approximate surface area is 234 Å². The number of thiazole rings is 1. The Bertz CT molecular complexity index is 1750. The highest BCUT2D eigenvalue weighted by Crippen LogP contribution is 2.45. The molecule has 0 radical (unpaired) electrons. The monoisotopic (exact) mass is 554 g/mol. The first-order valence-electron chi connectivity index (χ1n) is 12.8. The molecule has 1 N–H and O–H groups in total. The van der Waals surface area contributed by atoms with E-state index in [1.54, 1.807) is 42.5 Å². The van der Waals surface area contributed by atoms with E-state index < -0.39 is 23.7 Å². The van der Waals surface area contributed by atoms with Gasteiger partial charge in [0.1, 0.15) is 17.6 Å². The van der Waals surface area contributed by atoms with Gasteiger partial charge in [0.2, 0.25) is 0 Å². The number of carbonyl (C=O) groups is 3. The number of fused-ring (bicyclic) bond motifs is 2. The van der Waals surface area contributed by atoms with Gasteiger partial charge in [-0.3, -0.25) is 14.5 Å². The average molecular weight is 555 g/mol. The molecular weight excluding hydrogens is 528 g/mol. The number of aryl methyl sites for hydroxylation is 2. The lowest BCUT2D eigenvalue weighted by Gasteiger charge is -2.23. The van der Waals surface area contributed by atoms with Gasteiger partial charge in [-0.1, -0.05) is 29.5 Å². The molecule has 4 aromatic rings. The summed E-state index contributed by atoms with van der Waals surface area (Å²) in [7, 11) is 1.30. The van der Waals surface area contributed by atoms with Crippen LogP contribution < -0.4 is 9.64 Å². The molecule has 202 valence electrons. The topological polar surface area (TPSA) is 106 Å². The second-order valence-corrected chi connectivity index (χ2v) is 11.2. The van der Waals surface area contributed by atoms with Crippen molar-refractivity contribution in [2.45, 2.75) is 39.3 Å². The van der Waals surface area contributed by atoms with Crippen LogP contribution in [0.4, 0.5) is 5.13 Å². The number of esters is 1. The number of methoxy groups -OCH3 is 1. The Balaban J connectivity index is 1.53. The van der Waals surface area contributed by atoms with Crippen LogP contribution >= 0.6 is 11.3 Å². The van der Waals surface area contributed by atoms with Crippen molar-refractivity contribution in [3.8, 4) is 5.75 Å². The lowest BCUT2D eigenvalue weighted by Crippen LogP contribution is -2.29. The molecule has 0 bridgehead atoms. The molecule has 6 rings (SSSR count). The highest BCUT2D eigenvalue weighted by Gasteiger charge is 2.48. The third-order valence-corrected chi connectivity index (χ3v) is 8.29. The molecule has 0 aliphatic carbocycles. The van der Waals surface area contributed by atoms with Crippen LogP contribution in [0.1, 0.15) is 51.1 Å². The third kappa shape index (κ3) is 4.14. The molecule has 0 saturated carbocycles. The molecule has 1 aromatic heterocycles. The van der Waals surface area contributed by atoms with Gasteiger partial charge in [-0.15, -0.1) is 0 Å². The molecule has 1 fully saturated rings. The van der Waals surface area contributed by atoms with E-state index in [-0.39, 0.29) is 17.4 Å². The molecule has 8 nitrogen and oxygen atoms in total. The zero-order valence-corrected chi connectivity index (χ0v) is 23.2.